The molecule has 1 aliphatic heterocycles. The number of rotatable bonds is 3. The van der Waals surface area contributed by atoms with Crippen LogP contribution in [0.5, 0.6) is 5.75 Å². The van der Waals surface area contributed by atoms with E-state index in [0.717, 1.165) is 38.2 Å². The van der Waals surface area contributed by atoms with Crippen molar-refractivity contribution in [2.45, 2.75) is 18.9 Å². The molecule has 1 aromatic carbocycles. The van der Waals surface area contributed by atoms with E-state index in [1.165, 1.54) is 0 Å². The topological polar surface area (TPSA) is 69.8 Å². The molecular formula is C15H23N3O2. The first-order valence-electron chi connectivity index (χ1n) is 7.07. The van der Waals surface area contributed by atoms with Gasteiger partial charge in [-0.05, 0) is 44.1 Å². The molecule has 110 valence electrons. The van der Waals surface area contributed by atoms with E-state index in [2.05, 4.69) is 11.9 Å². The lowest BCUT2D eigenvalue weighted by Gasteiger charge is -2.24. The monoisotopic (exact) mass is 277 g/mol. The van der Waals surface area contributed by atoms with Crippen molar-refractivity contribution in [1.82, 2.24) is 9.80 Å². The van der Waals surface area contributed by atoms with Crippen molar-refractivity contribution >= 4 is 5.91 Å². The third-order valence-corrected chi connectivity index (χ3v) is 3.74. The average Bonchev–Trinajstić information content (AvgIpc) is 2.65. The minimum Gasteiger partial charge on any atom is -0.508 e. The molecule has 1 fully saturated rings. The predicted octanol–water partition coefficient (Wildman–Crippen LogP) is 0.426. The second-order valence-corrected chi connectivity index (χ2v) is 5.46. The normalized spacial score (nSPS) is 18.6. The van der Waals surface area contributed by atoms with Crippen molar-refractivity contribution in [3.05, 3.63) is 29.8 Å². The van der Waals surface area contributed by atoms with Crippen LogP contribution >= 0.6 is 0 Å². The molecule has 0 unspecified atom stereocenters. The van der Waals surface area contributed by atoms with Gasteiger partial charge in [0.05, 0.1) is 6.04 Å². The summed E-state index contributed by atoms with van der Waals surface area (Å²) in [5.41, 5.74) is 7.00. The Balaban J connectivity index is 1.92. The highest BCUT2D eigenvalue weighted by Gasteiger charge is 2.22. The first-order chi connectivity index (χ1) is 9.56. The molecule has 1 aromatic rings. The van der Waals surface area contributed by atoms with Crippen LogP contribution in [0.2, 0.25) is 0 Å². The largest absolute Gasteiger partial charge is 0.508 e. The number of carbonyl (C=O) groups excluding carboxylic acids is 1. The Labute approximate surface area is 120 Å². The van der Waals surface area contributed by atoms with Gasteiger partial charge in [0.25, 0.3) is 0 Å². The van der Waals surface area contributed by atoms with Gasteiger partial charge in [-0.1, -0.05) is 12.1 Å². The van der Waals surface area contributed by atoms with Gasteiger partial charge in [0.1, 0.15) is 5.75 Å². The van der Waals surface area contributed by atoms with Crippen LogP contribution in [-0.2, 0) is 11.2 Å². The van der Waals surface area contributed by atoms with Crippen LogP contribution in [0.15, 0.2) is 24.3 Å². The van der Waals surface area contributed by atoms with Gasteiger partial charge >= 0.3 is 0 Å². The van der Waals surface area contributed by atoms with Crippen molar-refractivity contribution < 1.29 is 9.90 Å². The van der Waals surface area contributed by atoms with Gasteiger partial charge in [0.2, 0.25) is 5.91 Å². The van der Waals surface area contributed by atoms with E-state index >= 15 is 0 Å². The molecular weight excluding hydrogens is 254 g/mol. The Kier molecular flexibility index (Phi) is 4.98. The second-order valence-electron chi connectivity index (χ2n) is 5.46. The lowest BCUT2D eigenvalue weighted by Crippen LogP contribution is -2.46. The zero-order valence-corrected chi connectivity index (χ0v) is 12.0. The van der Waals surface area contributed by atoms with Crippen molar-refractivity contribution in [1.29, 1.82) is 0 Å². The molecule has 0 bridgehead atoms. The first kappa shape index (κ1) is 14.8. The standard InChI is InChI=1S/C15H23N3O2/c1-17-7-2-8-18(10-9-17)15(20)14(16)11-12-3-5-13(19)6-4-12/h3-6,14,19H,2,7-11,16H2,1H3/t14-/m1/s1. The van der Waals surface area contributed by atoms with E-state index in [1.807, 2.05) is 4.90 Å². The Hall–Kier alpha value is -1.59. The van der Waals surface area contributed by atoms with E-state index < -0.39 is 6.04 Å². The maximum Gasteiger partial charge on any atom is 0.239 e. The van der Waals surface area contributed by atoms with Crippen molar-refractivity contribution in [2.75, 3.05) is 33.2 Å². The Morgan fingerprint density at radius 3 is 2.65 bits per heavy atom. The number of likely N-dealkylation sites (N-methyl/N-ethyl adjacent to an activating group) is 1. The number of phenols is 1. The molecule has 3 N–H and O–H groups in total. The molecule has 1 heterocycles. The summed E-state index contributed by atoms with van der Waals surface area (Å²) in [7, 11) is 2.07. The average molecular weight is 277 g/mol. The summed E-state index contributed by atoms with van der Waals surface area (Å²) in [5.74, 6) is 0.248. The van der Waals surface area contributed by atoms with Crippen LogP contribution in [0.3, 0.4) is 0 Å². The van der Waals surface area contributed by atoms with Gasteiger partial charge in [0.15, 0.2) is 0 Å². The molecule has 5 heteroatoms. The molecule has 0 aliphatic carbocycles. The van der Waals surface area contributed by atoms with Gasteiger partial charge in [-0.3, -0.25) is 4.79 Å². The molecule has 2 rings (SSSR count). The fourth-order valence-electron chi connectivity index (χ4n) is 2.47. The summed E-state index contributed by atoms with van der Waals surface area (Å²) >= 11 is 0. The summed E-state index contributed by atoms with van der Waals surface area (Å²) < 4.78 is 0. The van der Waals surface area contributed by atoms with E-state index in [0.29, 0.717) is 6.42 Å². The zero-order valence-electron chi connectivity index (χ0n) is 12.0. The van der Waals surface area contributed by atoms with E-state index in [4.69, 9.17) is 5.73 Å². The Morgan fingerprint density at radius 1 is 1.25 bits per heavy atom. The maximum atomic E-state index is 12.4. The lowest BCUT2D eigenvalue weighted by molar-refractivity contribution is -0.132. The number of nitrogens with zero attached hydrogens (tertiary/aromatic N) is 2. The van der Waals surface area contributed by atoms with Gasteiger partial charge in [-0.25, -0.2) is 0 Å². The predicted molar refractivity (Wildman–Crippen MR) is 78.5 cm³/mol. The molecule has 1 saturated heterocycles. The second kappa shape index (κ2) is 6.72. The van der Waals surface area contributed by atoms with Crippen LogP contribution in [0.4, 0.5) is 0 Å². The maximum absolute atomic E-state index is 12.4. The number of aromatic hydroxyl groups is 1. The zero-order chi connectivity index (χ0) is 14.5. The van der Waals surface area contributed by atoms with Gasteiger partial charge < -0.3 is 20.6 Å². The van der Waals surface area contributed by atoms with Crippen LogP contribution in [0.1, 0.15) is 12.0 Å². The summed E-state index contributed by atoms with van der Waals surface area (Å²) in [4.78, 5) is 16.5. The quantitative estimate of drug-likeness (QED) is 0.840. The van der Waals surface area contributed by atoms with Crippen LogP contribution in [0, 0.1) is 0 Å². The van der Waals surface area contributed by atoms with Gasteiger partial charge in [-0.2, -0.15) is 0 Å². The van der Waals surface area contributed by atoms with E-state index in [-0.39, 0.29) is 11.7 Å². The number of carbonyl (C=O) groups is 1. The van der Waals surface area contributed by atoms with Crippen LogP contribution in [0.25, 0.3) is 0 Å². The summed E-state index contributed by atoms with van der Waals surface area (Å²) in [6, 6.07) is 6.33. The smallest absolute Gasteiger partial charge is 0.239 e. The summed E-state index contributed by atoms with van der Waals surface area (Å²) in [6.45, 7) is 3.46. The highest BCUT2D eigenvalue weighted by molar-refractivity contribution is 5.82. The highest BCUT2D eigenvalue weighted by Crippen LogP contribution is 2.12. The third-order valence-electron chi connectivity index (χ3n) is 3.74. The molecule has 0 spiro atoms. The number of benzene rings is 1. The number of hydrogen-bond acceptors (Lipinski definition) is 4. The van der Waals surface area contributed by atoms with E-state index in [1.54, 1.807) is 24.3 Å². The molecule has 5 nitrogen and oxygen atoms in total. The molecule has 20 heavy (non-hydrogen) atoms. The lowest BCUT2D eigenvalue weighted by atomic mass is 10.1. The molecule has 1 aliphatic rings. The molecule has 1 atom stereocenters. The van der Waals surface area contributed by atoms with E-state index in [9.17, 15) is 9.90 Å². The Bertz CT molecular complexity index is 447. The van der Waals surface area contributed by atoms with Gasteiger partial charge in [-0.15, -0.1) is 0 Å². The number of amides is 1. The number of hydrogen-bond donors (Lipinski definition) is 2. The third kappa shape index (κ3) is 3.95. The first-order valence-corrected chi connectivity index (χ1v) is 7.07. The molecule has 0 radical (unpaired) electrons. The highest BCUT2D eigenvalue weighted by atomic mass is 16.3. The Morgan fingerprint density at radius 2 is 1.95 bits per heavy atom. The molecule has 0 aromatic heterocycles. The number of phenolic OH excluding ortho intramolecular Hbond substituents is 1. The summed E-state index contributed by atoms with van der Waals surface area (Å²) in [5, 5.41) is 9.25. The minimum atomic E-state index is -0.511. The van der Waals surface area contributed by atoms with Crippen LogP contribution < -0.4 is 5.73 Å². The van der Waals surface area contributed by atoms with Crippen molar-refractivity contribution in [3.63, 3.8) is 0 Å². The van der Waals surface area contributed by atoms with Crippen molar-refractivity contribution in [3.8, 4) is 5.75 Å². The SMILES string of the molecule is CN1CCCN(C(=O)[C@H](N)Cc2ccc(O)cc2)CC1. The molecule has 1 amide bonds. The van der Waals surface area contributed by atoms with Crippen molar-refractivity contribution in [2.24, 2.45) is 5.73 Å². The molecule has 0 saturated carbocycles. The fraction of sp³-hybridized carbons (Fsp3) is 0.533. The van der Waals surface area contributed by atoms with Crippen LogP contribution in [-0.4, -0.2) is 60.1 Å². The fourth-order valence-corrected chi connectivity index (χ4v) is 2.47. The summed E-state index contributed by atoms with van der Waals surface area (Å²) in [6.07, 6.45) is 1.50. The minimum absolute atomic E-state index is 0.0216. The number of nitrogens with two attached hydrogens (primary N) is 1. The van der Waals surface area contributed by atoms with Gasteiger partial charge in [0, 0.05) is 19.6 Å².